The summed E-state index contributed by atoms with van der Waals surface area (Å²) in [5.41, 5.74) is 0.610. The Balaban J connectivity index is 2.07. The van der Waals surface area contributed by atoms with Crippen molar-refractivity contribution in [2.24, 2.45) is 0 Å². The molecule has 0 amide bonds. The lowest BCUT2D eigenvalue weighted by Crippen LogP contribution is -2.23. The lowest BCUT2D eigenvalue weighted by atomic mass is 10.1. The van der Waals surface area contributed by atoms with Gasteiger partial charge in [0.15, 0.2) is 0 Å². The van der Waals surface area contributed by atoms with Crippen LogP contribution in [0.2, 0.25) is 0 Å². The molecule has 27 heavy (non-hydrogen) atoms. The first-order valence-electron chi connectivity index (χ1n) is 8.62. The minimum absolute atomic E-state index is 0.103. The first-order chi connectivity index (χ1) is 13.0. The molecule has 0 aliphatic carbocycles. The van der Waals surface area contributed by atoms with Gasteiger partial charge in [-0.15, -0.1) is 0 Å². The van der Waals surface area contributed by atoms with E-state index in [1.165, 1.54) is 19.1 Å². The molecule has 0 saturated carbocycles. The first-order valence-corrected chi connectivity index (χ1v) is 10.5. The molecule has 5 heteroatoms. The molecular weight excluding hydrogens is 362 g/mol. The van der Waals surface area contributed by atoms with E-state index in [0.717, 1.165) is 0 Å². The number of hydrogen-bond acceptors (Lipinski definition) is 3. The van der Waals surface area contributed by atoms with Gasteiger partial charge in [-0.25, -0.2) is 4.39 Å². The molecule has 0 aliphatic rings. The Hall–Kier alpha value is -2.71. The number of esters is 1. The molecule has 0 radical (unpaired) electrons. The van der Waals surface area contributed by atoms with Gasteiger partial charge in [-0.1, -0.05) is 72.8 Å². The van der Waals surface area contributed by atoms with Crippen LogP contribution in [0.3, 0.4) is 0 Å². The van der Waals surface area contributed by atoms with Gasteiger partial charge in [-0.2, -0.15) is 0 Å². The minimum atomic E-state index is -3.08. The van der Waals surface area contributed by atoms with Gasteiger partial charge in [0.2, 0.25) is 0 Å². The Morgan fingerprint density at radius 3 is 1.81 bits per heavy atom. The Bertz CT molecular complexity index is 897. The van der Waals surface area contributed by atoms with E-state index in [0.29, 0.717) is 16.2 Å². The lowest BCUT2D eigenvalue weighted by Gasteiger charge is -2.25. The summed E-state index contributed by atoms with van der Waals surface area (Å²) in [5.74, 6) is -0.855. The molecular formula is C22H20FO3P. The maximum Gasteiger partial charge on any atom is 0.303 e. The normalized spacial score (nSPS) is 12.4. The van der Waals surface area contributed by atoms with Crippen LogP contribution in [0.4, 0.5) is 4.39 Å². The van der Waals surface area contributed by atoms with Crippen LogP contribution < -0.4 is 10.6 Å². The molecule has 0 fully saturated rings. The highest BCUT2D eigenvalue weighted by Gasteiger charge is 2.33. The zero-order valence-electron chi connectivity index (χ0n) is 14.9. The summed E-state index contributed by atoms with van der Waals surface area (Å²) in [7, 11) is -3.08. The summed E-state index contributed by atoms with van der Waals surface area (Å²) >= 11 is 0. The average Bonchev–Trinajstić information content (AvgIpc) is 2.69. The molecule has 0 aliphatic heterocycles. The van der Waals surface area contributed by atoms with Crippen LogP contribution in [-0.4, -0.2) is 12.1 Å². The van der Waals surface area contributed by atoms with Crippen LogP contribution in [-0.2, 0) is 14.1 Å². The lowest BCUT2D eigenvalue weighted by molar-refractivity contribution is -0.145. The van der Waals surface area contributed by atoms with Crippen LogP contribution in [0.5, 0.6) is 0 Å². The highest BCUT2D eigenvalue weighted by molar-refractivity contribution is 7.78. The smallest absolute Gasteiger partial charge is 0.303 e. The Kier molecular flexibility index (Phi) is 5.88. The molecule has 3 nitrogen and oxygen atoms in total. The second kappa shape index (κ2) is 8.32. The summed E-state index contributed by atoms with van der Waals surface area (Å²) in [5, 5.41) is 1.38. The fourth-order valence-corrected chi connectivity index (χ4v) is 5.80. The zero-order chi connectivity index (χ0) is 19.3. The molecule has 0 saturated heterocycles. The van der Waals surface area contributed by atoms with Gasteiger partial charge >= 0.3 is 5.97 Å². The fraction of sp³-hybridized carbons (Fsp3) is 0.136. The predicted octanol–water partition coefficient (Wildman–Crippen LogP) is 4.44. The number of hydrogen-bond donors (Lipinski definition) is 0. The molecule has 0 bridgehead atoms. The molecule has 0 N–H and O–H groups in total. The molecule has 0 aromatic heterocycles. The zero-order valence-corrected chi connectivity index (χ0v) is 15.8. The van der Waals surface area contributed by atoms with E-state index in [2.05, 4.69) is 0 Å². The third kappa shape index (κ3) is 4.53. The van der Waals surface area contributed by atoms with Crippen LogP contribution in [0, 0.1) is 5.82 Å². The van der Waals surface area contributed by atoms with Crippen molar-refractivity contribution in [2.45, 2.75) is 13.0 Å². The van der Waals surface area contributed by atoms with E-state index in [-0.39, 0.29) is 12.0 Å². The van der Waals surface area contributed by atoms with E-state index in [1.54, 1.807) is 12.1 Å². The molecule has 3 rings (SSSR count). The van der Waals surface area contributed by atoms with Crippen molar-refractivity contribution in [3.63, 3.8) is 0 Å². The topological polar surface area (TPSA) is 43.4 Å². The van der Waals surface area contributed by atoms with Gasteiger partial charge in [0.05, 0.1) is 6.16 Å². The molecule has 1 atom stereocenters. The van der Waals surface area contributed by atoms with Crippen LogP contribution in [0.25, 0.3) is 0 Å². The van der Waals surface area contributed by atoms with Gasteiger partial charge in [0, 0.05) is 17.5 Å². The number of ether oxygens (including phenoxy) is 1. The number of carbonyl (C=O) groups is 1. The van der Waals surface area contributed by atoms with Crippen molar-refractivity contribution in [3.05, 3.63) is 96.3 Å². The Morgan fingerprint density at radius 2 is 1.37 bits per heavy atom. The summed E-state index contributed by atoms with van der Waals surface area (Å²) in [6, 6.07) is 24.1. The number of carbonyl (C=O) groups excluding carboxylic acids is 1. The Labute approximate surface area is 158 Å². The van der Waals surface area contributed by atoms with E-state index in [4.69, 9.17) is 4.74 Å². The predicted molar refractivity (Wildman–Crippen MR) is 106 cm³/mol. The third-order valence-electron chi connectivity index (χ3n) is 4.32. The summed E-state index contributed by atoms with van der Waals surface area (Å²) < 4.78 is 33.0. The van der Waals surface area contributed by atoms with Crippen molar-refractivity contribution in [2.75, 3.05) is 6.16 Å². The monoisotopic (exact) mass is 382 g/mol. The van der Waals surface area contributed by atoms with Crippen molar-refractivity contribution in [1.82, 2.24) is 0 Å². The standard InChI is InChI=1S/C22H20FO3P/c1-17(24)26-22(18-12-14-19(23)15-13-18)16-27(25,20-8-4-2-5-9-20)21-10-6-3-7-11-21/h2-15,22H,16H2,1H3. The maximum atomic E-state index is 14.2. The van der Waals surface area contributed by atoms with Gasteiger partial charge in [0.1, 0.15) is 19.1 Å². The van der Waals surface area contributed by atoms with E-state index < -0.39 is 19.2 Å². The van der Waals surface area contributed by atoms with E-state index in [1.807, 2.05) is 60.7 Å². The van der Waals surface area contributed by atoms with Crippen molar-refractivity contribution < 1.29 is 18.5 Å². The quantitative estimate of drug-likeness (QED) is 0.468. The SMILES string of the molecule is CC(=O)OC(CP(=O)(c1ccccc1)c1ccccc1)c1ccc(F)cc1. The molecule has 0 heterocycles. The number of halogens is 1. The Morgan fingerprint density at radius 1 is 0.889 bits per heavy atom. The van der Waals surface area contributed by atoms with Crippen LogP contribution >= 0.6 is 7.14 Å². The molecule has 1 unspecified atom stereocenters. The summed E-state index contributed by atoms with van der Waals surface area (Å²) in [4.78, 5) is 11.7. The van der Waals surface area contributed by atoms with E-state index >= 15 is 0 Å². The van der Waals surface area contributed by atoms with Crippen LogP contribution in [0.1, 0.15) is 18.6 Å². The number of rotatable bonds is 6. The molecule has 3 aromatic carbocycles. The summed E-state index contributed by atoms with van der Waals surface area (Å²) in [6.45, 7) is 1.31. The third-order valence-corrected chi connectivity index (χ3v) is 7.43. The van der Waals surface area contributed by atoms with Crippen molar-refractivity contribution in [3.8, 4) is 0 Å². The fourth-order valence-electron chi connectivity index (χ4n) is 3.02. The largest absolute Gasteiger partial charge is 0.457 e. The molecule has 138 valence electrons. The maximum absolute atomic E-state index is 14.2. The molecule has 0 spiro atoms. The number of benzene rings is 3. The van der Waals surface area contributed by atoms with Gasteiger partial charge in [-0.3, -0.25) is 4.79 Å². The summed E-state index contributed by atoms with van der Waals surface area (Å²) in [6.07, 6.45) is -0.638. The van der Waals surface area contributed by atoms with Gasteiger partial charge in [0.25, 0.3) is 0 Å². The highest BCUT2D eigenvalue weighted by Crippen LogP contribution is 2.47. The molecule has 3 aromatic rings. The van der Waals surface area contributed by atoms with Crippen LogP contribution in [0.15, 0.2) is 84.9 Å². The minimum Gasteiger partial charge on any atom is -0.457 e. The van der Waals surface area contributed by atoms with Gasteiger partial charge < -0.3 is 9.30 Å². The second-order valence-corrected chi connectivity index (χ2v) is 9.12. The van der Waals surface area contributed by atoms with E-state index in [9.17, 15) is 13.8 Å². The average molecular weight is 382 g/mol. The first kappa shape index (κ1) is 19.1. The highest BCUT2D eigenvalue weighted by atomic mass is 31.2. The van der Waals surface area contributed by atoms with Crippen molar-refractivity contribution in [1.29, 1.82) is 0 Å². The van der Waals surface area contributed by atoms with Gasteiger partial charge in [-0.05, 0) is 17.7 Å². The van der Waals surface area contributed by atoms with Crippen molar-refractivity contribution >= 4 is 23.7 Å². The second-order valence-electron chi connectivity index (χ2n) is 6.24.